The van der Waals surface area contributed by atoms with E-state index in [0.717, 1.165) is 11.6 Å². The summed E-state index contributed by atoms with van der Waals surface area (Å²) in [7, 11) is 2.07. The Hall–Kier alpha value is -1.09. The fourth-order valence-electron chi connectivity index (χ4n) is 4.15. The van der Waals surface area contributed by atoms with E-state index in [9.17, 15) is 4.39 Å². The fourth-order valence-corrected chi connectivity index (χ4v) is 4.15. The van der Waals surface area contributed by atoms with Gasteiger partial charge in [-0.3, -0.25) is 0 Å². The average Bonchev–Trinajstić information content (AvgIpc) is 2.98. The molecule has 18 heavy (non-hydrogen) atoms. The Labute approximate surface area is 108 Å². The van der Waals surface area contributed by atoms with Gasteiger partial charge in [0.05, 0.1) is 5.54 Å². The minimum Gasteiger partial charge on any atom is -0.367 e. The van der Waals surface area contributed by atoms with Crippen molar-refractivity contribution in [1.82, 2.24) is 0 Å². The minimum absolute atomic E-state index is 0.0523. The monoisotopic (exact) mass is 248 g/mol. The number of fused-ring (bicyclic) bond motifs is 2. The number of nitrogens with two attached hydrogens (primary N) is 1. The van der Waals surface area contributed by atoms with Gasteiger partial charge < -0.3 is 10.6 Å². The maximum absolute atomic E-state index is 13.4. The molecule has 0 saturated heterocycles. The first-order chi connectivity index (χ1) is 8.65. The average molecular weight is 248 g/mol. The van der Waals surface area contributed by atoms with Crippen molar-refractivity contribution in [2.45, 2.75) is 31.2 Å². The summed E-state index contributed by atoms with van der Waals surface area (Å²) in [6, 6.07) is 6.86. The fraction of sp³-hybridized carbons (Fsp3) is 0.600. The van der Waals surface area contributed by atoms with Crippen LogP contribution in [0, 0.1) is 17.7 Å². The van der Waals surface area contributed by atoms with Crippen LogP contribution in [-0.2, 0) is 0 Å². The smallest absolute Gasteiger partial charge is 0.125 e. The van der Waals surface area contributed by atoms with E-state index < -0.39 is 0 Å². The van der Waals surface area contributed by atoms with Crippen molar-refractivity contribution in [2.75, 3.05) is 18.5 Å². The molecule has 3 unspecified atom stereocenters. The van der Waals surface area contributed by atoms with Crippen molar-refractivity contribution >= 4 is 5.69 Å². The Morgan fingerprint density at radius 2 is 2.28 bits per heavy atom. The Balaban J connectivity index is 1.93. The van der Waals surface area contributed by atoms with Crippen LogP contribution in [0.25, 0.3) is 0 Å². The van der Waals surface area contributed by atoms with Gasteiger partial charge in [-0.1, -0.05) is 6.07 Å². The van der Waals surface area contributed by atoms with E-state index in [0.29, 0.717) is 12.5 Å². The van der Waals surface area contributed by atoms with Crippen LogP contribution in [0.2, 0.25) is 0 Å². The van der Waals surface area contributed by atoms with Gasteiger partial charge in [0, 0.05) is 19.3 Å². The first-order valence-corrected chi connectivity index (χ1v) is 6.85. The van der Waals surface area contributed by atoms with E-state index in [2.05, 4.69) is 11.9 Å². The molecular weight excluding hydrogens is 227 g/mol. The van der Waals surface area contributed by atoms with Crippen LogP contribution in [0.5, 0.6) is 0 Å². The molecule has 3 rings (SSSR count). The molecule has 3 heteroatoms. The van der Waals surface area contributed by atoms with E-state index in [1.807, 2.05) is 6.07 Å². The van der Waals surface area contributed by atoms with Crippen molar-refractivity contribution in [2.24, 2.45) is 17.6 Å². The van der Waals surface area contributed by atoms with Gasteiger partial charge >= 0.3 is 0 Å². The zero-order chi connectivity index (χ0) is 12.8. The van der Waals surface area contributed by atoms with Crippen LogP contribution in [-0.4, -0.2) is 19.1 Å². The number of hydrogen-bond donors (Lipinski definition) is 1. The predicted molar refractivity (Wildman–Crippen MR) is 72.0 cm³/mol. The standard InChI is InChI=1S/C15H21FN2/c1-18(14-4-2-3-13(16)8-14)15(10-17)9-11-5-6-12(15)7-11/h2-4,8,11-12H,5-7,9-10,17H2,1H3. The number of nitrogens with zero attached hydrogens (tertiary/aromatic N) is 1. The lowest BCUT2D eigenvalue weighted by Crippen LogP contribution is -2.56. The molecule has 2 N–H and O–H groups in total. The normalized spacial score (nSPS) is 33.9. The molecule has 0 amide bonds. The summed E-state index contributed by atoms with van der Waals surface area (Å²) in [6.45, 7) is 0.668. The molecule has 0 aromatic heterocycles. The van der Waals surface area contributed by atoms with Crippen LogP contribution < -0.4 is 10.6 Å². The Morgan fingerprint density at radius 1 is 1.44 bits per heavy atom. The highest BCUT2D eigenvalue weighted by Crippen LogP contribution is 2.53. The molecule has 1 aromatic rings. The van der Waals surface area contributed by atoms with Crippen molar-refractivity contribution < 1.29 is 4.39 Å². The second-order valence-corrected chi connectivity index (χ2v) is 5.93. The highest BCUT2D eigenvalue weighted by Gasteiger charge is 2.52. The topological polar surface area (TPSA) is 29.3 Å². The van der Waals surface area contributed by atoms with Gasteiger partial charge in [0.2, 0.25) is 0 Å². The maximum Gasteiger partial charge on any atom is 0.125 e. The van der Waals surface area contributed by atoms with Gasteiger partial charge in [-0.15, -0.1) is 0 Å². The van der Waals surface area contributed by atoms with Gasteiger partial charge in [0.25, 0.3) is 0 Å². The highest BCUT2D eigenvalue weighted by atomic mass is 19.1. The molecule has 2 bridgehead atoms. The SMILES string of the molecule is CN(c1cccc(F)c1)C1(CN)CC2CCC1C2. The quantitative estimate of drug-likeness (QED) is 0.891. The molecule has 0 aliphatic heterocycles. The summed E-state index contributed by atoms with van der Waals surface area (Å²) in [5.74, 6) is 1.34. The number of benzene rings is 1. The Bertz CT molecular complexity index is 448. The Morgan fingerprint density at radius 3 is 2.83 bits per heavy atom. The zero-order valence-corrected chi connectivity index (χ0v) is 10.9. The summed E-state index contributed by atoms with van der Waals surface area (Å²) in [5.41, 5.74) is 7.10. The van der Waals surface area contributed by atoms with Gasteiger partial charge in [-0.2, -0.15) is 0 Å². The minimum atomic E-state index is -0.172. The zero-order valence-electron chi connectivity index (χ0n) is 10.9. The van der Waals surface area contributed by atoms with E-state index >= 15 is 0 Å². The molecule has 98 valence electrons. The molecule has 2 fully saturated rings. The number of anilines is 1. The lowest BCUT2D eigenvalue weighted by molar-refractivity contribution is 0.267. The van der Waals surface area contributed by atoms with Crippen LogP contribution in [0.3, 0.4) is 0 Å². The molecule has 2 saturated carbocycles. The van der Waals surface area contributed by atoms with Crippen molar-refractivity contribution in [3.8, 4) is 0 Å². The van der Waals surface area contributed by atoms with E-state index in [-0.39, 0.29) is 11.4 Å². The summed E-state index contributed by atoms with van der Waals surface area (Å²) >= 11 is 0. The summed E-state index contributed by atoms with van der Waals surface area (Å²) in [5, 5.41) is 0. The summed E-state index contributed by atoms with van der Waals surface area (Å²) < 4.78 is 13.4. The third-order valence-electron chi connectivity index (χ3n) is 5.16. The highest BCUT2D eigenvalue weighted by molar-refractivity contribution is 5.49. The number of halogens is 1. The van der Waals surface area contributed by atoms with E-state index in [1.165, 1.54) is 31.7 Å². The van der Waals surface area contributed by atoms with Gasteiger partial charge in [-0.05, 0) is 55.7 Å². The lowest BCUT2D eigenvalue weighted by atomic mass is 9.79. The van der Waals surface area contributed by atoms with Crippen molar-refractivity contribution in [3.63, 3.8) is 0 Å². The first kappa shape index (κ1) is 12.0. The maximum atomic E-state index is 13.4. The molecule has 0 heterocycles. The molecule has 2 aliphatic carbocycles. The molecular formula is C15H21FN2. The number of rotatable bonds is 3. The van der Waals surface area contributed by atoms with Crippen LogP contribution >= 0.6 is 0 Å². The second kappa shape index (κ2) is 4.23. The third-order valence-corrected chi connectivity index (χ3v) is 5.16. The van der Waals surface area contributed by atoms with Gasteiger partial charge in [-0.25, -0.2) is 4.39 Å². The van der Waals surface area contributed by atoms with E-state index in [1.54, 1.807) is 12.1 Å². The van der Waals surface area contributed by atoms with Crippen molar-refractivity contribution in [1.29, 1.82) is 0 Å². The summed E-state index contributed by atoms with van der Waals surface area (Å²) in [4.78, 5) is 2.24. The molecule has 3 atom stereocenters. The van der Waals surface area contributed by atoms with Gasteiger partial charge in [0.1, 0.15) is 5.82 Å². The largest absolute Gasteiger partial charge is 0.367 e. The second-order valence-electron chi connectivity index (χ2n) is 5.93. The van der Waals surface area contributed by atoms with Crippen LogP contribution in [0.15, 0.2) is 24.3 Å². The Kier molecular flexibility index (Phi) is 2.81. The lowest BCUT2D eigenvalue weighted by Gasteiger charge is -2.46. The molecule has 1 aromatic carbocycles. The molecule has 0 spiro atoms. The van der Waals surface area contributed by atoms with Crippen LogP contribution in [0.1, 0.15) is 25.7 Å². The van der Waals surface area contributed by atoms with E-state index in [4.69, 9.17) is 5.73 Å². The summed E-state index contributed by atoms with van der Waals surface area (Å²) in [6.07, 6.45) is 5.10. The first-order valence-electron chi connectivity index (χ1n) is 6.85. The molecule has 2 nitrogen and oxygen atoms in total. The van der Waals surface area contributed by atoms with Gasteiger partial charge in [0.15, 0.2) is 0 Å². The number of likely N-dealkylation sites (N-methyl/N-ethyl adjacent to an activating group) is 1. The predicted octanol–water partition coefficient (Wildman–Crippen LogP) is 2.78. The molecule has 0 radical (unpaired) electrons. The van der Waals surface area contributed by atoms with Crippen LogP contribution in [0.4, 0.5) is 10.1 Å². The number of hydrogen-bond acceptors (Lipinski definition) is 2. The molecule has 2 aliphatic rings. The van der Waals surface area contributed by atoms with Crippen molar-refractivity contribution in [3.05, 3.63) is 30.1 Å². The third kappa shape index (κ3) is 1.64.